The highest BCUT2D eigenvalue weighted by Gasteiger charge is 2.42. The third kappa shape index (κ3) is 2.53. The van der Waals surface area contributed by atoms with Crippen LogP contribution in [0.2, 0.25) is 0 Å². The predicted octanol–water partition coefficient (Wildman–Crippen LogP) is 2.48. The molecule has 1 aliphatic carbocycles. The number of hydrogen-bond acceptors (Lipinski definition) is 2. The molecule has 102 valence electrons. The molecule has 18 heavy (non-hydrogen) atoms. The quantitative estimate of drug-likeness (QED) is 0.800. The van der Waals surface area contributed by atoms with Crippen molar-refractivity contribution >= 4 is 23.1 Å². The lowest BCUT2D eigenvalue weighted by Crippen LogP contribution is -2.47. The van der Waals surface area contributed by atoms with E-state index < -0.39 is 0 Å². The second kappa shape index (κ2) is 5.55. The average molecular weight is 268 g/mol. The van der Waals surface area contributed by atoms with E-state index in [2.05, 4.69) is 11.8 Å². The minimum absolute atomic E-state index is 0.0456. The van der Waals surface area contributed by atoms with E-state index in [-0.39, 0.29) is 5.41 Å². The number of nitrogens with zero attached hydrogens (tertiary/aromatic N) is 1. The van der Waals surface area contributed by atoms with Gasteiger partial charge in [0.15, 0.2) is 0 Å². The predicted molar refractivity (Wildman–Crippen MR) is 77.3 cm³/mol. The summed E-state index contributed by atoms with van der Waals surface area (Å²) < 4.78 is 0. The summed E-state index contributed by atoms with van der Waals surface area (Å²) in [4.78, 5) is 15.4. The number of hydrogen-bond donors (Lipinski definition) is 1. The Morgan fingerprint density at radius 2 is 1.89 bits per heavy atom. The molecular weight excluding hydrogens is 244 g/mol. The van der Waals surface area contributed by atoms with Gasteiger partial charge < -0.3 is 10.6 Å². The zero-order chi connectivity index (χ0) is 13.2. The molecule has 2 aliphatic rings. The summed E-state index contributed by atoms with van der Waals surface area (Å²) in [6.45, 7) is 3.83. The molecule has 0 bridgehead atoms. The van der Waals surface area contributed by atoms with E-state index in [4.69, 9.17) is 18.0 Å². The van der Waals surface area contributed by atoms with Gasteiger partial charge in [0.25, 0.3) is 0 Å². The largest absolute Gasteiger partial charge is 0.393 e. The van der Waals surface area contributed by atoms with Crippen molar-refractivity contribution in [2.24, 2.45) is 17.1 Å². The Morgan fingerprint density at radius 1 is 1.33 bits per heavy atom. The van der Waals surface area contributed by atoms with Crippen LogP contribution < -0.4 is 5.73 Å². The molecule has 0 aromatic carbocycles. The molecule has 1 saturated heterocycles. The van der Waals surface area contributed by atoms with Crippen LogP contribution in [0.3, 0.4) is 0 Å². The van der Waals surface area contributed by atoms with Crippen molar-refractivity contribution < 1.29 is 4.79 Å². The summed E-state index contributed by atoms with van der Waals surface area (Å²) >= 11 is 5.05. The molecule has 1 amide bonds. The summed E-state index contributed by atoms with van der Waals surface area (Å²) in [7, 11) is 0. The third-order valence-electron chi connectivity index (χ3n) is 4.88. The molecule has 0 unspecified atom stereocenters. The molecule has 2 fully saturated rings. The highest BCUT2D eigenvalue weighted by molar-refractivity contribution is 7.80. The van der Waals surface area contributed by atoms with E-state index in [1.807, 2.05) is 0 Å². The Kier molecular flexibility index (Phi) is 4.25. The molecule has 0 spiro atoms. The highest BCUT2D eigenvalue weighted by atomic mass is 32.1. The molecule has 4 heteroatoms. The Hall–Kier alpha value is -0.640. The number of amides is 1. The van der Waals surface area contributed by atoms with Gasteiger partial charge in [-0.05, 0) is 32.1 Å². The fourth-order valence-electron chi connectivity index (χ4n) is 3.47. The van der Waals surface area contributed by atoms with Gasteiger partial charge >= 0.3 is 0 Å². The molecular formula is C14H24N2OS. The number of nitrogens with two attached hydrogens (primary N) is 1. The fourth-order valence-corrected chi connectivity index (χ4v) is 3.71. The Morgan fingerprint density at radius 3 is 2.33 bits per heavy atom. The monoisotopic (exact) mass is 268 g/mol. The minimum atomic E-state index is -0.0456. The number of carbonyl (C=O) groups is 1. The molecule has 0 atom stereocenters. The van der Waals surface area contributed by atoms with Crippen LogP contribution >= 0.6 is 12.2 Å². The topological polar surface area (TPSA) is 46.3 Å². The summed E-state index contributed by atoms with van der Waals surface area (Å²) in [6.07, 6.45) is 7.46. The summed E-state index contributed by atoms with van der Waals surface area (Å²) in [6, 6.07) is 0. The van der Waals surface area contributed by atoms with Crippen LogP contribution in [0, 0.1) is 11.3 Å². The maximum atomic E-state index is 12.7. The third-order valence-corrected chi connectivity index (χ3v) is 5.21. The summed E-state index contributed by atoms with van der Waals surface area (Å²) in [5, 5.41) is 0. The molecule has 1 saturated carbocycles. The standard InChI is InChI=1S/C14H24N2OS/c1-2-14(7-3-4-8-14)13(17)16-9-5-11(6-10-16)12(15)18/h11H,2-10H2,1H3,(H2,15,18). The van der Waals surface area contributed by atoms with Gasteiger partial charge in [-0.2, -0.15) is 0 Å². The number of thiocarbonyl (C=S) groups is 1. The van der Waals surface area contributed by atoms with Crippen LogP contribution in [-0.4, -0.2) is 28.9 Å². The van der Waals surface area contributed by atoms with E-state index in [1.54, 1.807) is 0 Å². The molecule has 0 radical (unpaired) electrons. The van der Waals surface area contributed by atoms with Crippen molar-refractivity contribution in [3.05, 3.63) is 0 Å². The van der Waals surface area contributed by atoms with Crippen LogP contribution in [0.25, 0.3) is 0 Å². The van der Waals surface area contributed by atoms with Crippen LogP contribution in [0.4, 0.5) is 0 Å². The maximum absolute atomic E-state index is 12.7. The molecule has 2 N–H and O–H groups in total. The Bertz CT molecular complexity index is 329. The van der Waals surface area contributed by atoms with Crippen LogP contribution in [0.5, 0.6) is 0 Å². The van der Waals surface area contributed by atoms with E-state index in [1.165, 1.54) is 12.8 Å². The van der Waals surface area contributed by atoms with E-state index in [9.17, 15) is 4.79 Å². The summed E-state index contributed by atoms with van der Waals surface area (Å²) in [5.41, 5.74) is 5.65. The first-order valence-corrected chi connectivity index (χ1v) is 7.58. The number of carbonyl (C=O) groups excluding carboxylic acids is 1. The number of likely N-dealkylation sites (tertiary alicyclic amines) is 1. The van der Waals surface area contributed by atoms with Crippen molar-refractivity contribution in [1.82, 2.24) is 4.90 Å². The minimum Gasteiger partial charge on any atom is -0.393 e. The Labute approximate surface area is 115 Å². The van der Waals surface area contributed by atoms with Gasteiger partial charge in [-0.1, -0.05) is 32.0 Å². The van der Waals surface area contributed by atoms with Gasteiger partial charge in [0.1, 0.15) is 0 Å². The van der Waals surface area contributed by atoms with Crippen molar-refractivity contribution in [1.29, 1.82) is 0 Å². The number of piperidine rings is 1. The van der Waals surface area contributed by atoms with Crippen molar-refractivity contribution in [3.63, 3.8) is 0 Å². The van der Waals surface area contributed by atoms with Gasteiger partial charge in [-0.3, -0.25) is 4.79 Å². The van der Waals surface area contributed by atoms with Crippen molar-refractivity contribution in [3.8, 4) is 0 Å². The summed E-state index contributed by atoms with van der Waals surface area (Å²) in [5.74, 6) is 0.731. The van der Waals surface area contributed by atoms with Gasteiger partial charge in [0, 0.05) is 24.4 Å². The van der Waals surface area contributed by atoms with Crippen LogP contribution in [0.15, 0.2) is 0 Å². The average Bonchev–Trinajstić information content (AvgIpc) is 2.88. The molecule has 1 aliphatic heterocycles. The van der Waals surface area contributed by atoms with Gasteiger partial charge in [-0.15, -0.1) is 0 Å². The zero-order valence-electron chi connectivity index (χ0n) is 11.3. The molecule has 3 nitrogen and oxygen atoms in total. The lowest BCUT2D eigenvalue weighted by Gasteiger charge is -2.38. The SMILES string of the molecule is CCC1(C(=O)N2CCC(C(N)=S)CC2)CCCC1. The second-order valence-electron chi connectivity index (χ2n) is 5.81. The molecule has 2 rings (SSSR count). The smallest absolute Gasteiger partial charge is 0.228 e. The lowest BCUT2D eigenvalue weighted by molar-refractivity contribution is -0.143. The molecule has 1 heterocycles. The van der Waals surface area contributed by atoms with Crippen molar-refractivity contribution in [2.45, 2.75) is 51.9 Å². The van der Waals surface area contributed by atoms with Crippen molar-refractivity contribution in [2.75, 3.05) is 13.1 Å². The van der Waals surface area contributed by atoms with Gasteiger partial charge in [-0.25, -0.2) is 0 Å². The molecule has 0 aromatic rings. The van der Waals surface area contributed by atoms with E-state index in [0.29, 0.717) is 16.8 Å². The van der Waals surface area contributed by atoms with E-state index in [0.717, 1.165) is 45.2 Å². The first-order chi connectivity index (χ1) is 8.59. The van der Waals surface area contributed by atoms with Crippen LogP contribution in [0.1, 0.15) is 51.9 Å². The van der Waals surface area contributed by atoms with Gasteiger partial charge in [0.2, 0.25) is 5.91 Å². The maximum Gasteiger partial charge on any atom is 0.228 e. The normalized spacial score (nSPS) is 24.2. The molecule has 0 aromatic heterocycles. The Balaban J connectivity index is 1.96. The highest BCUT2D eigenvalue weighted by Crippen LogP contribution is 2.43. The van der Waals surface area contributed by atoms with Crippen LogP contribution in [-0.2, 0) is 4.79 Å². The fraction of sp³-hybridized carbons (Fsp3) is 0.857. The number of rotatable bonds is 3. The van der Waals surface area contributed by atoms with Gasteiger partial charge in [0.05, 0.1) is 4.99 Å². The first kappa shape index (κ1) is 13.8. The first-order valence-electron chi connectivity index (χ1n) is 7.18. The second-order valence-corrected chi connectivity index (χ2v) is 6.28. The lowest BCUT2D eigenvalue weighted by atomic mass is 9.81. The zero-order valence-corrected chi connectivity index (χ0v) is 12.1. The van der Waals surface area contributed by atoms with E-state index >= 15 is 0 Å².